The number of nitrogens with zero attached hydrogens (tertiary/aromatic N) is 1. The predicted molar refractivity (Wildman–Crippen MR) is 44.3 cm³/mol. The second-order valence-corrected chi connectivity index (χ2v) is 2.85. The molecule has 13 heavy (non-hydrogen) atoms. The van der Waals surface area contributed by atoms with Crippen molar-refractivity contribution in [3.8, 4) is 0 Å². The highest BCUT2D eigenvalue weighted by Gasteiger charge is 2.19. The SMILES string of the molecule is Cc1cnc(C=O)c(C(F)F)c1Cl. The van der Waals surface area contributed by atoms with Gasteiger partial charge in [-0.15, -0.1) is 0 Å². The van der Waals surface area contributed by atoms with E-state index in [0.29, 0.717) is 5.56 Å². The topological polar surface area (TPSA) is 30.0 Å². The Morgan fingerprint density at radius 2 is 2.23 bits per heavy atom. The van der Waals surface area contributed by atoms with Crippen LogP contribution in [0.4, 0.5) is 8.78 Å². The first-order chi connectivity index (χ1) is 6.07. The van der Waals surface area contributed by atoms with Crippen molar-refractivity contribution in [2.45, 2.75) is 13.3 Å². The smallest absolute Gasteiger partial charge is 0.267 e. The monoisotopic (exact) mass is 205 g/mol. The van der Waals surface area contributed by atoms with E-state index in [-0.39, 0.29) is 17.0 Å². The zero-order chi connectivity index (χ0) is 10.0. The molecule has 0 aromatic carbocycles. The van der Waals surface area contributed by atoms with Gasteiger partial charge in [0.2, 0.25) is 0 Å². The minimum absolute atomic E-state index is 0.0906. The first-order valence-electron chi connectivity index (χ1n) is 3.46. The van der Waals surface area contributed by atoms with E-state index in [0.717, 1.165) is 0 Å². The van der Waals surface area contributed by atoms with Crippen molar-refractivity contribution in [2.24, 2.45) is 0 Å². The van der Waals surface area contributed by atoms with Crippen molar-refractivity contribution in [2.75, 3.05) is 0 Å². The summed E-state index contributed by atoms with van der Waals surface area (Å²) in [6.07, 6.45) is -1.22. The summed E-state index contributed by atoms with van der Waals surface area (Å²) in [4.78, 5) is 13.9. The van der Waals surface area contributed by atoms with E-state index in [4.69, 9.17) is 11.6 Å². The summed E-state index contributed by atoms with van der Waals surface area (Å²) in [7, 11) is 0. The molecule has 0 saturated carbocycles. The highest BCUT2D eigenvalue weighted by molar-refractivity contribution is 6.32. The number of aldehydes is 1. The second kappa shape index (κ2) is 3.79. The summed E-state index contributed by atoms with van der Waals surface area (Å²) < 4.78 is 24.7. The van der Waals surface area contributed by atoms with Crippen LogP contribution in [0.5, 0.6) is 0 Å². The van der Waals surface area contributed by atoms with Gasteiger partial charge in [-0.1, -0.05) is 11.6 Å². The summed E-state index contributed by atoms with van der Waals surface area (Å²) >= 11 is 5.59. The van der Waals surface area contributed by atoms with Gasteiger partial charge in [-0.25, -0.2) is 8.78 Å². The summed E-state index contributed by atoms with van der Waals surface area (Å²) in [5.74, 6) is 0. The Morgan fingerprint density at radius 1 is 1.62 bits per heavy atom. The molecule has 0 N–H and O–H groups in total. The Bertz CT molecular complexity index is 341. The molecule has 5 heteroatoms. The van der Waals surface area contributed by atoms with Crippen LogP contribution in [0.2, 0.25) is 5.02 Å². The number of pyridine rings is 1. The van der Waals surface area contributed by atoms with Crippen molar-refractivity contribution in [1.82, 2.24) is 4.98 Å². The third-order valence-electron chi connectivity index (χ3n) is 1.59. The molecule has 0 saturated heterocycles. The molecule has 0 aliphatic heterocycles. The molecule has 0 spiro atoms. The minimum Gasteiger partial charge on any atom is -0.296 e. The number of rotatable bonds is 2. The van der Waals surface area contributed by atoms with Gasteiger partial charge in [0.1, 0.15) is 5.69 Å². The van der Waals surface area contributed by atoms with Gasteiger partial charge in [-0.05, 0) is 12.5 Å². The number of aryl methyl sites for hydroxylation is 1. The Balaban J connectivity index is 3.41. The van der Waals surface area contributed by atoms with E-state index in [1.807, 2.05) is 0 Å². The Morgan fingerprint density at radius 3 is 2.69 bits per heavy atom. The standard InChI is InChI=1S/C8H6ClF2NO/c1-4-2-12-5(3-13)6(7(4)9)8(10)11/h2-3,8H,1H3. The molecule has 0 atom stereocenters. The van der Waals surface area contributed by atoms with Crippen molar-refractivity contribution < 1.29 is 13.6 Å². The third-order valence-corrected chi connectivity index (χ3v) is 2.09. The van der Waals surface area contributed by atoms with Gasteiger partial charge in [0.15, 0.2) is 6.29 Å². The number of carbonyl (C=O) groups is 1. The van der Waals surface area contributed by atoms with E-state index >= 15 is 0 Å². The molecule has 0 amide bonds. The predicted octanol–water partition coefficient (Wildman–Crippen LogP) is 2.79. The summed E-state index contributed by atoms with van der Waals surface area (Å²) in [6, 6.07) is 0. The summed E-state index contributed by atoms with van der Waals surface area (Å²) in [5.41, 5.74) is -0.357. The molecule has 1 aromatic heterocycles. The Hall–Kier alpha value is -1.03. The molecule has 0 aliphatic rings. The van der Waals surface area contributed by atoms with Gasteiger partial charge in [-0.3, -0.25) is 9.78 Å². The van der Waals surface area contributed by atoms with Gasteiger partial charge in [0, 0.05) is 6.20 Å². The lowest BCUT2D eigenvalue weighted by Gasteiger charge is -2.06. The van der Waals surface area contributed by atoms with E-state index < -0.39 is 12.0 Å². The summed E-state index contributed by atoms with van der Waals surface area (Å²) in [6.45, 7) is 1.55. The van der Waals surface area contributed by atoms with E-state index in [1.54, 1.807) is 6.92 Å². The van der Waals surface area contributed by atoms with Gasteiger partial charge in [0.05, 0.1) is 10.6 Å². The average Bonchev–Trinajstić information content (AvgIpc) is 2.08. The van der Waals surface area contributed by atoms with Crippen LogP contribution in [-0.4, -0.2) is 11.3 Å². The number of hydrogen-bond acceptors (Lipinski definition) is 2. The molecule has 1 rings (SSSR count). The molecule has 1 heterocycles. The van der Waals surface area contributed by atoms with Crippen LogP contribution in [0.25, 0.3) is 0 Å². The molecule has 0 fully saturated rings. The molecule has 70 valence electrons. The van der Waals surface area contributed by atoms with Crippen LogP contribution in [0, 0.1) is 6.92 Å². The minimum atomic E-state index is -2.78. The maximum Gasteiger partial charge on any atom is 0.267 e. The molecular formula is C8H6ClF2NO. The van der Waals surface area contributed by atoms with E-state index in [2.05, 4.69) is 4.98 Å². The van der Waals surface area contributed by atoms with Gasteiger partial charge in [-0.2, -0.15) is 0 Å². The molecule has 0 unspecified atom stereocenters. The van der Waals surface area contributed by atoms with Crippen molar-refractivity contribution in [1.29, 1.82) is 0 Å². The number of halogens is 3. The first kappa shape index (κ1) is 10.1. The highest BCUT2D eigenvalue weighted by Crippen LogP contribution is 2.30. The lowest BCUT2D eigenvalue weighted by molar-refractivity contribution is 0.110. The normalized spacial score (nSPS) is 10.5. The van der Waals surface area contributed by atoms with Crippen LogP contribution in [0.15, 0.2) is 6.20 Å². The maximum absolute atomic E-state index is 12.4. The zero-order valence-electron chi connectivity index (χ0n) is 6.72. The second-order valence-electron chi connectivity index (χ2n) is 2.47. The quantitative estimate of drug-likeness (QED) is 0.695. The molecular weight excluding hydrogens is 200 g/mol. The highest BCUT2D eigenvalue weighted by atomic mass is 35.5. The largest absolute Gasteiger partial charge is 0.296 e. The number of alkyl halides is 2. The van der Waals surface area contributed by atoms with Crippen molar-refractivity contribution in [3.05, 3.63) is 28.0 Å². The van der Waals surface area contributed by atoms with E-state index in [9.17, 15) is 13.6 Å². The van der Waals surface area contributed by atoms with Crippen LogP contribution >= 0.6 is 11.6 Å². The third kappa shape index (κ3) is 1.83. The molecule has 0 aliphatic carbocycles. The number of aromatic nitrogens is 1. The maximum atomic E-state index is 12.4. The molecule has 1 aromatic rings. The Labute approximate surface area is 78.5 Å². The fraction of sp³-hybridized carbons (Fsp3) is 0.250. The van der Waals surface area contributed by atoms with Gasteiger partial charge < -0.3 is 0 Å². The molecule has 0 bridgehead atoms. The lowest BCUT2D eigenvalue weighted by Crippen LogP contribution is -1.99. The van der Waals surface area contributed by atoms with Crippen LogP contribution in [0.1, 0.15) is 28.0 Å². The van der Waals surface area contributed by atoms with Crippen LogP contribution < -0.4 is 0 Å². The van der Waals surface area contributed by atoms with Crippen molar-refractivity contribution >= 4 is 17.9 Å². The van der Waals surface area contributed by atoms with Crippen molar-refractivity contribution in [3.63, 3.8) is 0 Å². The average molecular weight is 206 g/mol. The van der Waals surface area contributed by atoms with Crippen LogP contribution in [0.3, 0.4) is 0 Å². The fourth-order valence-electron chi connectivity index (χ4n) is 0.919. The number of hydrogen-bond donors (Lipinski definition) is 0. The van der Waals surface area contributed by atoms with Gasteiger partial charge in [0.25, 0.3) is 6.43 Å². The molecule has 0 radical (unpaired) electrons. The Kier molecular flexibility index (Phi) is 2.93. The number of carbonyl (C=O) groups excluding carboxylic acids is 1. The summed E-state index contributed by atoms with van der Waals surface area (Å²) in [5, 5.41) is -0.0906. The van der Waals surface area contributed by atoms with Crippen LogP contribution in [-0.2, 0) is 0 Å². The van der Waals surface area contributed by atoms with E-state index in [1.165, 1.54) is 6.20 Å². The lowest BCUT2D eigenvalue weighted by atomic mass is 10.1. The zero-order valence-corrected chi connectivity index (χ0v) is 7.48. The fourth-order valence-corrected chi connectivity index (χ4v) is 1.15. The first-order valence-corrected chi connectivity index (χ1v) is 3.84. The molecule has 2 nitrogen and oxygen atoms in total. The van der Waals surface area contributed by atoms with Gasteiger partial charge >= 0.3 is 0 Å².